The first kappa shape index (κ1) is 22.7. The first-order chi connectivity index (χ1) is 14.5. The maximum absolute atomic E-state index is 13.1. The summed E-state index contributed by atoms with van der Waals surface area (Å²) >= 11 is 0. The number of halogens is 1. The van der Waals surface area contributed by atoms with E-state index in [0.717, 1.165) is 38.0 Å². The number of ether oxygens (including phenoxy) is 2. The van der Waals surface area contributed by atoms with Crippen LogP contribution >= 0.6 is 0 Å². The number of methoxy groups -OCH3 is 1. The van der Waals surface area contributed by atoms with Crippen LogP contribution in [-0.2, 0) is 21.2 Å². The summed E-state index contributed by atoms with van der Waals surface area (Å²) in [6, 6.07) is 12.9. The molecule has 0 saturated carbocycles. The van der Waals surface area contributed by atoms with Gasteiger partial charge in [0.05, 0.1) is 18.1 Å². The van der Waals surface area contributed by atoms with E-state index in [-0.39, 0.29) is 16.8 Å². The van der Waals surface area contributed by atoms with Crippen LogP contribution in [0.2, 0.25) is 0 Å². The molecule has 3 rings (SSSR count). The van der Waals surface area contributed by atoms with Gasteiger partial charge in [-0.1, -0.05) is 12.1 Å². The predicted octanol–water partition coefficient (Wildman–Crippen LogP) is 2.84. The summed E-state index contributed by atoms with van der Waals surface area (Å²) in [5.41, 5.74) is 1.05. The molecule has 2 aromatic carbocycles. The molecule has 0 amide bonds. The zero-order chi connectivity index (χ0) is 21.4. The molecule has 1 N–H and O–H groups in total. The van der Waals surface area contributed by atoms with Crippen molar-refractivity contribution in [1.29, 1.82) is 0 Å². The summed E-state index contributed by atoms with van der Waals surface area (Å²) in [5, 5.41) is 0. The average molecular weight is 437 g/mol. The van der Waals surface area contributed by atoms with Gasteiger partial charge in [0.25, 0.3) is 0 Å². The molecule has 1 unspecified atom stereocenters. The Labute approximate surface area is 178 Å². The second kappa shape index (κ2) is 10.9. The third-order valence-electron chi connectivity index (χ3n) is 5.12. The summed E-state index contributed by atoms with van der Waals surface area (Å²) in [5.74, 6) is 0.381. The lowest BCUT2D eigenvalue weighted by molar-refractivity contribution is 0.0547. The fourth-order valence-corrected chi connectivity index (χ4v) is 4.60. The third kappa shape index (κ3) is 6.77. The SMILES string of the molecule is COc1ccc(S(=O)(=O)NCCCN2CCCOC(Cc3ccc(F)cc3)C2)cc1. The summed E-state index contributed by atoms with van der Waals surface area (Å²) < 4.78 is 51.6. The lowest BCUT2D eigenvalue weighted by Gasteiger charge is -2.24. The van der Waals surface area contributed by atoms with Crippen molar-refractivity contribution in [3.63, 3.8) is 0 Å². The van der Waals surface area contributed by atoms with E-state index < -0.39 is 10.0 Å². The lowest BCUT2D eigenvalue weighted by Crippen LogP contribution is -2.35. The second-order valence-corrected chi connectivity index (χ2v) is 9.17. The van der Waals surface area contributed by atoms with Crippen LogP contribution in [0.4, 0.5) is 4.39 Å². The number of nitrogens with zero attached hydrogens (tertiary/aromatic N) is 1. The van der Waals surface area contributed by atoms with E-state index in [4.69, 9.17) is 9.47 Å². The number of benzene rings is 2. The van der Waals surface area contributed by atoms with E-state index in [9.17, 15) is 12.8 Å². The Kier molecular flexibility index (Phi) is 8.21. The number of sulfonamides is 1. The monoisotopic (exact) mass is 436 g/mol. The Balaban J connectivity index is 1.45. The number of rotatable bonds is 9. The summed E-state index contributed by atoms with van der Waals surface area (Å²) in [7, 11) is -1.99. The molecule has 0 aliphatic carbocycles. The Morgan fingerprint density at radius 2 is 1.90 bits per heavy atom. The van der Waals surface area contributed by atoms with Gasteiger partial charge in [-0.3, -0.25) is 0 Å². The molecule has 6 nitrogen and oxygen atoms in total. The van der Waals surface area contributed by atoms with Crippen LogP contribution < -0.4 is 9.46 Å². The first-order valence-electron chi connectivity index (χ1n) is 10.2. The summed E-state index contributed by atoms with van der Waals surface area (Å²) in [6.45, 7) is 3.56. The summed E-state index contributed by atoms with van der Waals surface area (Å²) in [6.07, 6.45) is 2.44. The van der Waals surface area contributed by atoms with Crippen LogP contribution in [-0.4, -0.2) is 59.3 Å². The van der Waals surface area contributed by atoms with Gasteiger partial charge in [0.2, 0.25) is 10.0 Å². The molecular weight excluding hydrogens is 407 g/mol. The van der Waals surface area contributed by atoms with Crippen LogP contribution in [0.3, 0.4) is 0 Å². The van der Waals surface area contributed by atoms with Gasteiger partial charge in [-0.05, 0) is 67.8 Å². The highest BCUT2D eigenvalue weighted by Crippen LogP contribution is 2.16. The zero-order valence-corrected chi connectivity index (χ0v) is 18.0. The van der Waals surface area contributed by atoms with E-state index in [1.807, 2.05) is 0 Å². The first-order valence-corrected chi connectivity index (χ1v) is 11.7. The fourth-order valence-electron chi connectivity index (χ4n) is 3.53. The zero-order valence-electron chi connectivity index (χ0n) is 17.2. The molecule has 8 heteroatoms. The molecule has 2 aromatic rings. The Morgan fingerprint density at radius 3 is 2.60 bits per heavy atom. The Bertz CT molecular complexity index is 888. The van der Waals surface area contributed by atoms with Crippen molar-refractivity contribution in [1.82, 2.24) is 9.62 Å². The van der Waals surface area contributed by atoms with Crippen LogP contribution in [0.25, 0.3) is 0 Å². The van der Waals surface area contributed by atoms with E-state index >= 15 is 0 Å². The van der Waals surface area contributed by atoms with Gasteiger partial charge in [0.1, 0.15) is 11.6 Å². The van der Waals surface area contributed by atoms with Crippen molar-refractivity contribution >= 4 is 10.0 Å². The highest BCUT2D eigenvalue weighted by atomic mass is 32.2. The molecule has 164 valence electrons. The van der Waals surface area contributed by atoms with Crippen molar-refractivity contribution in [2.45, 2.75) is 30.3 Å². The van der Waals surface area contributed by atoms with E-state index in [2.05, 4.69) is 9.62 Å². The maximum atomic E-state index is 13.1. The van der Waals surface area contributed by atoms with Crippen molar-refractivity contribution in [3.8, 4) is 5.75 Å². The van der Waals surface area contributed by atoms with Gasteiger partial charge in [-0.25, -0.2) is 17.5 Å². The smallest absolute Gasteiger partial charge is 0.240 e. The quantitative estimate of drug-likeness (QED) is 0.613. The minimum Gasteiger partial charge on any atom is -0.497 e. The van der Waals surface area contributed by atoms with Crippen LogP contribution in [0, 0.1) is 5.82 Å². The number of nitrogens with one attached hydrogen (secondary N) is 1. The van der Waals surface area contributed by atoms with Crippen LogP contribution in [0.1, 0.15) is 18.4 Å². The second-order valence-electron chi connectivity index (χ2n) is 7.40. The molecular formula is C22H29FN2O4S. The van der Waals surface area contributed by atoms with Gasteiger partial charge < -0.3 is 14.4 Å². The van der Waals surface area contributed by atoms with Gasteiger partial charge in [-0.15, -0.1) is 0 Å². The van der Waals surface area contributed by atoms with Gasteiger partial charge in [0.15, 0.2) is 0 Å². The molecule has 0 bridgehead atoms. The molecule has 1 saturated heterocycles. The molecule has 30 heavy (non-hydrogen) atoms. The largest absolute Gasteiger partial charge is 0.497 e. The molecule has 0 radical (unpaired) electrons. The van der Waals surface area contributed by atoms with Crippen LogP contribution in [0.15, 0.2) is 53.4 Å². The Hall–Kier alpha value is -2.00. The molecule has 0 spiro atoms. The highest BCUT2D eigenvalue weighted by molar-refractivity contribution is 7.89. The number of hydrogen-bond acceptors (Lipinski definition) is 5. The van der Waals surface area contributed by atoms with Crippen molar-refractivity contribution in [2.24, 2.45) is 0 Å². The molecule has 1 aliphatic heterocycles. The van der Waals surface area contributed by atoms with E-state index in [0.29, 0.717) is 25.3 Å². The molecule has 1 fully saturated rings. The minimum absolute atomic E-state index is 0.0500. The number of hydrogen-bond donors (Lipinski definition) is 1. The predicted molar refractivity (Wildman–Crippen MR) is 114 cm³/mol. The average Bonchev–Trinajstić information content (AvgIpc) is 2.98. The third-order valence-corrected chi connectivity index (χ3v) is 6.60. The standard InChI is InChI=1S/C22H29FN2O4S/c1-28-20-8-10-22(11-9-20)30(26,27)24-12-2-13-25-14-3-15-29-21(17-25)16-18-4-6-19(23)7-5-18/h4-11,21,24H,2-3,12-17H2,1H3. The summed E-state index contributed by atoms with van der Waals surface area (Å²) in [4.78, 5) is 2.54. The molecule has 1 atom stereocenters. The normalized spacial score (nSPS) is 18.1. The Morgan fingerprint density at radius 1 is 1.17 bits per heavy atom. The topological polar surface area (TPSA) is 67.9 Å². The van der Waals surface area contributed by atoms with Crippen molar-refractivity contribution in [3.05, 3.63) is 59.9 Å². The lowest BCUT2D eigenvalue weighted by atomic mass is 10.1. The maximum Gasteiger partial charge on any atom is 0.240 e. The van der Waals surface area contributed by atoms with Crippen molar-refractivity contribution < 1.29 is 22.3 Å². The molecule has 1 aliphatic rings. The van der Waals surface area contributed by atoms with E-state index in [1.54, 1.807) is 31.4 Å². The minimum atomic E-state index is -3.53. The highest BCUT2D eigenvalue weighted by Gasteiger charge is 2.19. The van der Waals surface area contributed by atoms with Crippen LogP contribution in [0.5, 0.6) is 5.75 Å². The molecule has 1 heterocycles. The fraction of sp³-hybridized carbons (Fsp3) is 0.455. The van der Waals surface area contributed by atoms with E-state index in [1.165, 1.54) is 24.3 Å². The molecule has 0 aromatic heterocycles. The van der Waals surface area contributed by atoms with Gasteiger partial charge >= 0.3 is 0 Å². The van der Waals surface area contributed by atoms with Gasteiger partial charge in [-0.2, -0.15) is 0 Å². The van der Waals surface area contributed by atoms with Crippen molar-refractivity contribution in [2.75, 3.05) is 39.9 Å². The van der Waals surface area contributed by atoms with Gasteiger partial charge in [0, 0.05) is 26.2 Å².